The van der Waals surface area contributed by atoms with Gasteiger partial charge in [0.05, 0.1) is 6.04 Å². The van der Waals surface area contributed by atoms with E-state index in [1.807, 2.05) is 0 Å². The molecule has 0 aromatic carbocycles. The monoisotopic (exact) mass is 279 g/mol. The predicted octanol–water partition coefficient (Wildman–Crippen LogP) is 4.19. The van der Waals surface area contributed by atoms with Crippen molar-refractivity contribution in [1.82, 2.24) is 10.1 Å². The van der Waals surface area contributed by atoms with E-state index in [1.165, 1.54) is 38.5 Å². The highest BCUT2D eigenvalue weighted by atomic mass is 16.5. The zero-order valence-corrected chi connectivity index (χ0v) is 13.4. The molecule has 4 heteroatoms. The van der Waals surface area contributed by atoms with E-state index in [2.05, 4.69) is 37.8 Å². The van der Waals surface area contributed by atoms with Crippen LogP contribution in [0.15, 0.2) is 4.52 Å². The van der Waals surface area contributed by atoms with Crippen LogP contribution in [0.2, 0.25) is 0 Å². The first-order valence-corrected chi connectivity index (χ1v) is 8.01. The Balaban J connectivity index is 1.97. The van der Waals surface area contributed by atoms with E-state index in [4.69, 9.17) is 10.3 Å². The first-order chi connectivity index (χ1) is 9.41. The Labute approximate surface area is 122 Å². The number of hydrogen-bond donors (Lipinski definition) is 1. The molecule has 2 rings (SSSR count). The summed E-state index contributed by atoms with van der Waals surface area (Å²) in [5.74, 6) is 2.82. The van der Waals surface area contributed by atoms with Crippen molar-refractivity contribution in [3.05, 3.63) is 11.7 Å². The number of rotatable bonds is 4. The van der Waals surface area contributed by atoms with Crippen LogP contribution >= 0.6 is 0 Å². The van der Waals surface area contributed by atoms with Crippen molar-refractivity contribution < 1.29 is 4.52 Å². The third-order valence-corrected chi connectivity index (χ3v) is 4.57. The van der Waals surface area contributed by atoms with Crippen LogP contribution in [-0.4, -0.2) is 10.1 Å². The molecule has 20 heavy (non-hydrogen) atoms. The smallest absolute Gasteiger partial charge is 0.244 e. The third-order valence-electron chi connectivity index (χ3n) is 4.57. The standard InChI is InChI=1S/C16H29N3O/c1-5-6-11-7-9-12(10-8-11)14-18-15(20-19-14)13(17)16(2,3)4/h11-13H,5-10,17H2,1-4H3/t11?,12?,13-/m0/s1. The molecule has 1 saturated carbocycles. The van der Waals surface area contributed by atoms with Crippen molar-refractivity contribution in [1.29, 1.82) is 0 Å². The summed E-state index contributed by atoms with van der Waals surface area (Å²) >= 11 is 0. The Bertz CT molecular complexity index is 414. The van der Waals surface area contributed by atoms with Gasteiger partial charge in [-0.2, -0.15) is 4.98 Å². The molecule has 0 bridgehead atoms. The molecular formula is C16H29N3O. The van der Waals surface area contributed by atoms with Gasteiger partial charge in [-0.15, -0.1) is 0 Å². The van der Waals surface area contributed by atoms with Crippen LogP contribution < -0.4 is 5.73 Å². The average molecular weight is 279 g/mol. The summed E-state index contributed by atoms with van der Waals surface area (Å²) in [6, 6.07) is -0.194. The highest BCUT2D eigenvalue weighted by Crippen LogP contribution is 2.37. The van der Waals surface area contributed by atoms with E-state index in [1.54, 1.807) is 0 Å². The quantitative estimate of drug-likeness (QED) is 0.897. The van der Waals surface area contributed by atoms with Gasteiger partial charge in [0, 0.05) is 5.92 Å². The second-order valence-electron chi connectivity index (χ2n) is 7.34. The maximum absolute atomic E-state index is 6.18. The summed E-state index contributed by atoms with van der Waals surface area (Å²) in [5.41, 5.74) is 6.13. The van der Waals surface area contributed by atoms with Gasteiger partial charge in [0.25, 0.3) is 0 Å². The van der Waals surface area contributed by atoms with E-state index in [0.29, 0.717) is 11.8 Å². The molecule has 0 saturated heterocycles. The molecule has 1 aliphatic rings. The highest BCUT2D eigenvalue weighted by Gasteiger charge is 2.30. The van der Waals surface area contributed by atoms with Gasteiger partial charge in [-0.05, 0) is 37.0 Å². The van der Waals surface area contributed by atoms with E-state index in [-0.39, 0.29) is 11.5 Å². The van der Waals surface area contributed by atoms with Crippen molar-refractivity contribution in [2.75, 3.05) is 0 Å². The van der Waals surface area contributed by atoms with Gasteiger partial charge >= 0.3 is 0 Å². The SMILES string of the molecule is CCCC1CCC(c2noc([C@H](N)C(C)(C)C)n2)CC1. The summed E-state index contributed by atoms with van der Waals surface area (Å²) in [7, 11) is 0. The van der Waals surface area contributed by atoms with Crippen LogP contribution in [-0.2, 0) is 0 Å². The minimum Gasteiger partial charge on any atom is -0.338 e. The van der Waals surface area contributed by atoms with Crippen LogP contribution in [0.3, 0.4) is 0 Å². The molecular weight excluding hydrogens is 250 g/mol. The molecule has 2 N–H and O–H groups in total. The molecule has 0 aliphatic heterocycles. The van der Waals surface area contributed by atoms with Crippen LogP contribution in [0.25, 0.3) is 0 Å². The molecule has 1 atom stereocenters. The average Bonchev–Trinajstić information content (AvgIpc) is 2.87. The van der Waals surface area contributed by atoms with Gasteiger partial charge in [-0.1, -0.05) is 45.7 Å². The van der Waals surface area contributed by atoms with Gasteiger partial charge in [0.15, 0.2) is 5.82 Å². The van der Waals surface area contributed by atoms with Crippen LogP contribution in [0, 0.1) is 11.3 Å². The van der Waals surface area contributed by atoms with Gasteiger partial charge in [-0.3, -0.25) is 0 Å². The molecule has 0 spiro atoms. The Kier molecular flexibility index (Phi) is 4.84. The van der Waals surface area contributed by atoms with Crippen molar-refractivity contribution >= 4 is 0 Å². The molecule has 4 nitrogen and oxygen atoms in total. The summed E-state index contributed by atoms with van der Waals surface area (Å²) in [6.07, 6.45) is 7.63. The fraction of sp³-hybridized carbons (Fsp3) is 0.875. The van der Waals surface area contributed by atoms with Crippen molar-refractivity contribution in [3.8, 4) is 0 Å². The van der Waals surface area contributed by atoms with Gasteiger partial charge in [0.2, 0.25) is 5.89 Å². The first-order valence-electron chi connectivity index (χ1n) is 8.01. The third kappa shape index (κ3) is 3.60. The van der Waals surface area contributed by atoms with Gasteiger partial charge in [-0.25, -0.2) is 0 Å². The highest BCUT2D eigenvalue weighted by molar-refractivity contribution is 5.02. The van der Waals surface area contributed by atoms with Crippen molar-refractivity contribution in [2.45, 2.75) is 78.2 Å². The lowest BCUT2D eigenvalue weighted by molar-refractivity contribution is 0.250. The largest absolute Gasteiger partial charge is 0.338 e. The van der Waals surface area contributed by atoms with E-state index in [9.17, 15) is 0 Å². The Hall–Kier alpha value is -0.900. The number of nitrogens with two attached hydrogens (primary N) is 1. The normalized spacial score (nSPS) is 25.6. The zero-order chi connectivity index (χ0) is 14.8. The number of nitrogens with zero attached hydrogens (tertiary/aromatic N) is 2. The maximum Gasteiger partial charge on any atom is 0.244 e. The molecule has 0 amide bonds. The molecule has 1 aliphatic carbocycles. The lowest BCUT2D eigenvalue weighted by Crippen LogP contribution is -2.26. The van der Waals surface area contributed by atoms with Crippen LogP contribution in [0.1, 0.15) is 89.9 Å². The van der Waals surface area contributed by atoms with E-state index in [0.717, 1.165) is 11.7 Å². The minimum atomic E-state index is -0.194. The second-order valence-corrected chi connectivity index (χ2v) is 7.34. The van der Waals surface area contributed by atoms with Crippen LogP contribution in [0.5, 0.6) is 0 Å². The summed E-state index contributed by atoms with van der Waals surface area (Å²) < 4.78 is 5.39. The molecule has 0 radical (unpaired) electrons. The molecule has 1 fully saturated rings. The fourth-order valence-electron chi connectivity index (χ4n) is 3.03. The molecule has 0 unspecified atom stereocenters. The predicted molar refractivity (Wildman–Crippen MR) is 80.3 cm³/mol. The topological polar surface area (TPSA) is 64.9 Å². The minimum absolute atomic E-state index is 0.0530. The first kappa shape index (κ1) is 15.5. The van der Waals surface area contributed by atoms with Gasteiger partial charge < -0.3 is 10.3 Å². The maximum atomic E-state index is 6.18. The Morgan fingerprint density at radius 2 is 1.90 bits per heavy atom. The number of hydrogen-bond acceptors (Lipinski definition) is 4. The fourth-order valence-corrected chi connectivity index (χ4v) is 3.03. The molecule has 1 aromatic rings. The molecule has 1 heterocycles. The number of aromatic nitrogens is 2. The summed E-state index contributed by atoms with van der Waals surface area (Å²) in [6.45, 7) is 8.55. The Morgan fingerprint density at radius 1 is 1.25 bits per heavy atom. The van der Waals surface area contributed by atoms with Gasteiger partial charge in [0.1, 0.15) is 0 Å². The summed E-state index contributed by atoms with van der Waals surface area (Å²) in [4.78, 5) is 4.57. The Morgan fingerprint density at radius 3 is 2.45 bits per heavy atom. The molecule has 1 aromatic heterocycles. The lowest BCUT2D eigenvalue weighted by atomic mass is 9.80. The molecule has 114 valence electrons. The second kappa shape index (κ2) is 6.25. The van der Waals surface area contributed by atoms with E-state index < -0.39 is 0 Å². The van der Waals surface area contributed by atoms with E-state index >= 15 is 0 Å². The van der Waals surface area contributed by atoms with Crippen molar-refractivity contribution in [2.24, 2.45) is 17.1 Å². The summed E-state index contributed by atoms with van der Waals surface area (Å²) in [5, 5.41) is 4.18. The zero-order valence-electron chi connectivity index (χ0n) is 13.4. The lowest BCUT2D eigenvalue weighted by Gasteiger charge is -2.26. The van der Waals surface area contributed by atoms with Crippen molar-refractivity contribution in [3.63, 3.8) is 0 Å². The van der Waals surface area contributed by atoms with Crippen LogP contribution in [0.4, 0.5) is 0 Å².